The molecule has 4 aliphatic rings. The molecule has 86 valence electrons. The number of hydrogen-bond donors (Lipinski definition) is 0. The van der Waals surface area contributed by atoms with E-state index in [1.54, 1.807) is 0 Å². The molecule has 4 heteroatoms. The largest absolute Gasteiger partial charge is 0.469 e. The summed E-state index contributed by atoms with van der Waals surface area (Å²) in [5.41, 5.74) is 0. The number of methoxy groups -OCH3 is 2. The number of esters is 2. The molecule has 4 nitrogen and oxygen atoms in total. The van der Waals surface area contributed by atoms with Crippen LogP contribution in [0.3, 0.4) is 0 Å². The second-order valence-corrected chi connectivity index (χ2v) is 5.56. The lowest BCUT2D eigenvalue weighted by atomic mass is 9.82. The highest BCUT2D eigenvalue weighted by molar-refractivity contribution is 5.81. The Morgan fingerprint density at radius 3 is 1.25 bits per heavy atom. The minimum Gasteiger partial charge on any atom is -0.469 e. The lowest BCUT2D eigenvalue weighted by Gasteiger charge is -2.23. The smallest absolute Gasteiger partial charge is 0.309 e. The molecule has 6 atom stereocenters. The Bertz CT molecular complexity index is 346. The summed E-state index contributed by atoms with van der Waals surface area (Å²) in [6, 6.07) is 0. The Kier molecular flexibility index (Phi) is 1.37. The van der Waals surface area contributed by atoms with E-state index in [1.807, 2.05) is 0 Å². The third-order valence-electron chi connectivity index (χ3n) is 5.43. The van der Waals surface area contributed by atoms with E-state index >= 15 is 0 Å². The first-order valence-electron chi connectivity index (χ1n) is 5.88. The molecule has 4 saturated carbocycles. The van der Waals surface area contributed by atoms with Crippen molar-refractivity contribution in [1.29, 1.82) is 0 Å². The maximum absolute atomic E-state index is 11.7. The molecule has 0 aromatic carbocycles. The third-order valence-corrected chi connectivity index (χ3v) is 5.43. The molecule has 4 fully saturated rings. The van der Waals surface area contributed by atoms with Crippen molar-refractivity contribution >= 4 is 11.9 Å². The second-order valence-electron chi connectivity index (χ2n) is 5.56. The minimum absolute atomic E-state index is 0.0594. The van der Waals surface area contributed by atoms with Crippen molar-refractivity contribution in [2.75, 3.05) is 14.2 Å². The van der Waals surface area contributed by atoms with Crippen LogP contribution in [-0.4, -0.2) is 26.2 Å². The highest BCUT2D eigenvalue weighted by Crippen LogP contribution is 2.88. The van der Waals surface area contributed by atoms with E-state index < -0.39 is 0 Å². The van der Waals surface area contributed by atoms with Gasteiger partial charge in [0.1, 0.15) is 0 Å². The van der Waals surface area contributed by atoms with Crippen LogP contribution in [0.15, 0.2) is 0 Å². The zero-order valence-corrected chi connectivity index (χ0v) is 9.25. The van der Waals surface area contributed by atoms with Gasteiger partial charge in [-0.2, -0.15) is 0 Å². The Hall–Kier alpha value is -1.06. The molecule has 0 bridgehead atoms. The molecule has 0 aromatic heterocycles. The normalized spacial score (nSPS) is 57.9. The molecule has 4 aliphatic carbocycles. The average molecular weight is 222 g/mol. The maximum Gasteiger partial charge on any atom is 0.309 e. The van der Waals surface area contributed by atoms with Crippen LogP contribution in [-0.2, 0) is 19.1 Å². The fourth-order valence-electron chi connectivity index (χ4n) is 5.13. The fraction of sp³-hybridized carbons (Fsp3) is 0.833. The van der Waals surface area contributed by atoms with E-state index in [-0.39, 0.29) is 23.8 Å². The van der Waals surface area contributed by atoms with E-state index in [9.17, 15) is 9.59 Å². The van der Waals surface area contributed by atoms with Crippen LogP contribution in [0.4, 0.5) is 0 Å². The first-order valence-corrected chi connectivity index (χ1v) is 5.88. The van der Waals surface area contributed by atoms with E-state index in [0.29, 0.717) is 35.5 Å². The van der Waals surface area contributed by atoms with Crippen LogP contribution < -0.4 is 0 Å². The van der Waals surface area contributed by atoms with Gasteiger partial charge in [-0.25, -0.2) is 0 Å². The number of carbonyl (C=O) groups is 2. The molecule has 0 saturated heterocycles. The third kappa shape index (κ3) is 0.711. The van der Waals surface area contributed by atoms with Crippen molar-refractivity contribution in [1.82, 2.24) is 0 Å². The molecule has 0 amide bonds. The van der Waals surface area contributed by atoms with Gasteiger partial charge in [0.2, 0.25) is 0 Å². The fourth-order valence-corrected chi connectivity index (χ4v) is 5.13. The van der Waals surface area contributed by atoms with Crippen molar-refractivity contribution in [2.45, 2.75) is 0 Å². The Labute approximate surface area is 93.3 Å². The highest BCUT2D eigenvalue weighted by atomic mass is 16.5. The first-order chi connectivity index (χ1) is 7.72. The average Bonchev–Trinajstić information content (AvgIpc) is 3.15. The summed E-state index contributed by atoms with van der Waals surface area (Å²) in [6.07, 6.45) is 0. The van der Waals surface area contributed by atoms with Gasteiger partial charge in [-0.1, -0.05) is 0 Å². The molecule has 0 aliphatic heterocycles. The second kappa shape index (κ2) is 2.44. The Morgan fingerprint density at radius 1 is 0.688 bits per heavy atom. The molecule has 16 heavy (non-hydrogen) atoms. The van der Waals surface area contributed by atoms with Crippen LogP contribution in [0.2, 0.25) is 0 Å². The molecule has 0 spiro atoms. The summed E-state index contributed by atoms with van der Waals surface area (Å²) in [5, 5.41) is 0. The van der Waals surface area contributed by atoms with Gasteiger partial charge in [0, 0.05) is 0 Å². The maximum atomic E-state index is 11.7. The van der Waals surface area contributed by atoms with Gasteiger partial charge < -0.3 is 9.47 Å². The molecule has 4 rings (SSSR count). The van der Waals surface area contributed by atoms with Crippen LogP contribution >= 0.6 is 0 Å². The van der Waals surface area contributed by atoms with Gasteiger partial charge in [0.05, 0.1) is 26.1 Å². The number of hydrogen-bond acceptors (Lipinski definition) is 4. The van der Waals surface area contributed by atoms with Crippen LogP contribution in [0.25, 0.3) is 0 Å². The zero-order valence-electron chi connectivity index (χ0n) is 9.25. The van der Waals surface area contributed by atoms with Crippen molar-refractivity contribution < 1.29 is 19.1 Å². The van der Waals surface area contributed by atoms with Crippen molar-refractivity contribution in [3.63, 3.8) is 0 Å². The topological polar surface area (TPSA) is 52.6 Å². The first kappa shape index (κ1) is 9.02. The van der Waals surface area contributed by atoms with Gasteiger partial charge in [-0.05, 0) is 35.5 Å². The van der Waals surface area contributed by atoms with Gasteiger partial charge in [0.25, 0.3) is 0 Å². The van der Waals surface area contributed by atoms with E-state index in [0.717, 1.165) is 0 Å². The summed E-state index contributed by atoms with van der Waals surface area (Å²) in [4.78, 5) is 23.3. The van der Waals surface area contributed by atoms with Crippen molar-refractivity contribution in [3.05, 3.63) is 0 Å². The van der Waals surface area contributed by atoms with Crippen LogP contribution in [0.1, 0.15) is 0 Å². The molecule has 0 N–H and O–H groups in total. The molecular formula is C12H14O4. The molecule has 0 aromatic rings. The SMILES string of the molecule is COC(=O)C1[C@@H]2C3C4[C@H]1[C@H]4C(C(=O)OC)[C@H]32. The molecule has 0 heterocycles. The molecule has 2 unspecified atom stereocenters. The van der Waals surface area contributed by atoms with E-state index in [4.69, 9.17) is 9.47 Å². The van der Waals surface area contributed by atoms with Crippen LogP contribution in [0.5, 0.6) is 0 Å². The predicted octanol–water partition coefficient (Wildman–Crippen LogP) is 0.316. The van der Waals surface area contributed by atoms with Crippen LogP contribution in [0, 0.1) is 47.3 Å². The Morgan fingerprint density at radius 2 is 1.00 bits per heavy atom. The minimum atomic E-state index is -0.0594. The number of carbonyl (C=O) groups excluding carboxylic acids is 2. The summed E-state index contributed by atoms with van der Waals surface area (Å²) in [6.45, 7) is 0. The molecule has 0 radical (unpaired) electrons. The lowest BCUT2D eigenvalue weighted by Crippen LogP contribution is -2.32. The summed E-state index contributed by atoms with van der Waals surface area (Å²) < 4.78 is 9.73. The monoisotopic (exact) mass is 222 g/mol. The van der Waals surface area contributed by atoms with Crippen molar-refractivity contribution in [3.8, 4) is 0 Å². The predicted molar refractivity (Wildman–Crippen MR) is 52.0 cm³/mol. The number of ether oxygens (including phenoxy) is 2. The zero-order chi connectivity index (χ0) is 11.2. The van der Waals surface area contributed by atoms with Crippen molar-refractivity contribution in [2.24, 2.45) is 47.3 Å². The lowest BCUT2D eigenvalue weighted by molar-refractivity contribution is -0.153. The Balaban J connectivity index is 1.62. The number of rotatable bonds is 2. The number of fused-ring (bicyclic) bond motifs is 2. The highest BCUT2D eigenvalue weighted by Gasteiger charge is 2.89. The summed E-state index contributed by atoms with van der Waals surface area (Å²) >= 11 is 0. The standard InChI is InChI=1S/C12H14O4/c1-15-11(13)9-5-3-4-6(9)8(4)10(7(3)5)12(14)16-2/h3-10H,1-2H3/t3?,4?,5-,6+,7-,8+,9?,10?. The van der Waals surface area contributed by atoms with Gasteiger partial charge in [0.15, 0.2) is 0 Å². The van der Waals surface area contributed by atoms with Gasteiger partial charge in [-0.3, -0.25) is 9.59 Å². The van der Waals surface area contributed by atoms with E-state index in [1.165, 1.54) is 14.2 Å². The van der Waals surface area contributed by atoms with Gasteiger partial charge in [-0.15, -0.1) is 0 Å². The quantitative estimate of drug-likeness (QED) is 0.631. The summed E-state index contributed by atoms with van der Waals surface area (Å²) in [5.74, 6) is 3.03. The molecular weight excluding hydrogens is 208 g/mol. The van der Waals surface area contributed by atoms with E-state index in [2.05, 4.69) is 0 Å². The van der Waals surface area contributed by atoms with Gasteiger partial charge >= 0.3 is 11.9 Å². The summed E-state index contributed by atoms with van der Waals surface area (Å²) in [7, 11) is 2.91.